The molecule has 26 heavy (non-hydrogen) atoms. The number of aromatic nitrogens is 3. The van der Waals surface area contributed by atoms with E-state index in [1.54, 1.807) is 18.3 Å². The van der Waals surface area contributed by atoms with Crippen molar-refractivity contribution in [3.63, 3.8) is 0 Å². The average Bonchev–Trinajstić information content (AvgIpc) is 2.89. The van der Waals surface area contributed by atoms with Gasteiger partial charge in [0.1, 0.15) is 17.1 Å². The van der Waals surface area contributed by atoms with Crippen molar-refractivity contribution in [2.45, 2.75) is 24.7 Å². The molecule has 1 fully saturated rings. The van der Waals surface area contributed by atoms with Gasteiger partial charge in [-0.3, -0.25) is 0 Å². The van der Waals surface area contributed by atoms with Gasteiger partial charge in [-0.1, -0.05) is 11.6 Å². The van der Waals surface area contributed by atoms with Crippen LogP contribution >= 0.6 is 11.6 Å². The highest BCUT2D eigenvalue weighted by atomic mass is 35.5. The molecule has 1 aliphatic carbocycles. The van der Waals surface area contributed by atoms with Crippen LogP contribution in [-0.2, 0) is 0 Å². The van der Waals surface area contributed by atoms with Gasteiger partial charge in [-0.25, -0.2) is 9.97 Å². The third-order valence-electron chi connectivity index (χ3n) is 4.47. The van der Waals surface area contributed by atoms with E-state index in [1.165, 1.54) is 7.11 Å². The van der Waals surface area contributed by atoms with Crippen molar-refractivity contribution in [1.29, 1.82) is 0 Å². The molecule has 0 unspecified atom stereocenters. The molecule has 0 spiro atoms. The lowest BCUT2D eigenvalue weighted by Gasteiger charge is -2.21. The van der Waals surface area contributed by atoms with Crippen LogP contribution < -0.4 is 15.8 Å². The maximum atomic E-state index is 10.2. The van der Waals surface area contributed by atoms with Gasteiger partial charge < -0.3 is 31.1 Å². The van der Waals surface area contributed by atoms with Gasteiger partial charge in [0, 0.05) is 30.4 Å². The predicted molar refractivity (Wildman–Crippen MR) is 95.9 cm³/mol. The molecule has 0 aliphatic heterocycles. The Labute approximate surface area is 154 Å². The zero-order valence-corrected chi connectivity index (χ0v) is 14.8. The quantitative estimate of drug-likeness (QED) is 0.461. The number of pyridine rings is 1. The molecule has 3 rings (SSSR count). The molecule has 0 amide bonds. The van der Waals surface area contributed by atoms with E-state index < -0.39 is 24.2 Å². The van der Waals surface area contributed by atoms with Gasteiger partial charge >= 0.3 is 0 Å². The van der Waals surface area contributed by atoms with Gasteiger partial charge in [-0.2, -0.15) is 4.98 Å². The summed E-state index contributed by atoms with van der Waals surface area (Å²) in [5.74, 6) is 0.290. The minimum atomic E-state index is -1.07. The number of aliphatic hydroxyl groups is 3. The fourth-order valence-electron chi connectivity index (χ4n) is 3.08. The molecule has 0 bridgehead atoms. The van der Waals surface area contributed by atoms with Crippen LogP contribution in [-0.4, -0.2) is 62.2 Å². The Balaban J connectivity index is 1.96. The number of nitrogen functional groups attached to an aromatic ring is 1. The molecule has 9 nitrogen and oxygen atoms in total. The summed E-state index contributed by atoms with van der Waals surface area (Å²) in [6.45, 7) is -0.224. The summed E-state index contributed by atoms with van der Waals surface area (Å²) in [6.07, 6.45) is -0.177. The number of nitrogens with zero attached hydrogens (tertiary/aromatic N) is 3. The van der Waals surface area contributed by atoms with Crippen LogP contribution in [0.5, 0.6) is 5.88 Å². The van der Waals surface area contributed by atoms with Crippen LogP contribution in [0.25, 0.3) is 11.1 Å². The molecule has 0 radical (unpaired) electrons. The lowest BCUT2D eigenvalue weighted by molar-refractivity contribution is 0.00446. The first kappa shape index (κ1) is 18.6. The topological polar surface area (TPSA) is 147 Å². The Morgan fingerprint density at radius 2 is 2.08 bits per heavy atom. The Kier molecular flexibility index (Phi) is 5.42. The SMILES string of the molecule is COc1ccc(-c2c(Cl)nc(N)nc2N[C@@H]2C[C@H](CO)[C@@H](O)[C@H]2O)cn1. The van der Waals surface area contributed by atoms with E-state index >= 15 is 0 Å². The van der Waals surface area contributed by atoms with Gasteiger partial charge in [0.15, 0.2) is 0 Å². The molecule has 2 aromatic heterocycles. The van der Waals surface area contributed by atoms with E-state index in [0.717, 1.165) is 0 Å². The van der Waals surface area contributed by atoms with E-state index in [1.807, 2.05) is 0 Å². The Bertz CT molecular complexity index is 776. The number of nitrogens with two attached hydrogens (primary N) is 1. The van der Waals surface area contributed by atoms with E-state index in [-0.39, 0.29) is 17.7 Å². The number of aliphatic hydroxyl groups excluding tert-OH is 3. The van der Waals surface area contributed by atoms with E-state index in [9.17, 15) is 15.3 Å². The van der Waals surface area contributed by atoms with Crippen molar-refractivity contribution in [2.24, 2.45) is 5.92 Å². The number of rotatable bonds is 5. The Morgan fingerprint density at radius 1 is 1.31 bits per heavy atom. The van der Waals surface area contributed by atoms with E-state index in [0.29, 0.717) is 29.2 Å². The second kappa shape index (κ2) is 7.58. The number of hydrogen-bond donors (Lipinski definition) is 5. The molecule has 140 valence electrons. The van der Waals surface area contributed by atoms with Gasteiger partial charge in [0.05, 0.1) is 24.8 Å². The number of halogens is 1. The van der Waals surface area contributed by atoms with Crippen molar-refractivity contribution < 1.29 is 20.1 Å². The zero-order chi connectivity index (χ0) is 18.8. The second-order valence-electron chi connectivity index (χ2n) is 6.10. The van der Waals surface area contributed by atoms with Crippen LogP contribution in [0, 0.1) is 5.92 Å². The van der Waals surface area contributed by atoms with Crippen molar-refractivity contribution in [1.82, 2.24) is 15.0 Å². The predicted octanol–water partition coefficient (Wildman–Crippen LogP) is 0.297. The molecule has 0 aromatic carbocycles. The summed E-state index contributed by atoms with van der Waals surface area (Å²) >= 11 is 6.27. The average molecular weight is 382 g/mol. The third-order valence-corrected chi connectivity index (χ3v) is 4.75. The summed E-state index contributed by atoms with van der Waals surface area (Å²) in [5, 5.41) is 32.7. The van der Waals surface area contributed by atoms with Crippen molar-refractivity contribution >= 4 is 23.4 Å². The maximum absolute atomic E-state index is 10.2. The van der Waals surface area contributed by atoms with Gasteiger partial charge in [-0.15, -0.1) is 0 Å². The molecule has 1 saturated carbocycles. The molecule has 4 atom stereocenters. The highest BCUT2D eigenvalue weighted by Gasteiger charge is 2.41. The highest BCUT2D eigenvalue weighted by Crippen LogP contribution is 2.36. The van der Waals surface area contributed by atoms with Crippen LogP contribution in [0.4, 0.5) is 11.8 Å². The number of nitrogens with one attached hydrogen (secondary N) is 1. The lowest BCUT2D eigenvalue weighted by atomic mass is 10.1. The first-order valence-corrected chi connectivity index (χ1v) is 8.39. The highest BCUT2D eigenvalue weighted by molar-refractivity contribution is 6.32. The van der Waals surface area contributed by atoms with Crippen molar-refractivity contribution in [3.8, 4) is 17.0 Å². The van der Waals surface area contributed by atoms with Crippen LogP contribution in [0.2, 0.25) is 5.15 Å². The molecule has 2 aromatic rings. The van der Waals surface area contributed by atoms with Crippen molar-refractivity contribution in [2.75, 3.05) is 24.8 Å². The monoisotopic (exact) mass is 381 g/mol. The van der Waals surface area contributed by atoms with E-state index in [2.05, 4.69) is 20.3 Å². The van der Waals surface area contributed by atoms with Gasteiger partial charge in [0.2, 0.25) is 11.8 Å². The molecule has 6 N–H and O–H groups in total. The number of hydrogen-bond acceptors (Lipinski definition) is 9. The number of anilines is 2. The molecule has 10 heteroatoms. The fraction of sp³-hybridized carbons (Fsp3) is 0.438. The Morgan fingerprint density at radius 3 is 2.65 bits per heavy atom. The van der Waals surface area contributed by atoms with Gasteiger partial charge in [0.25, 0.3) is 0 Å². The molecule has 2 heterocycles. The number of ether oxygens (including phenoxy) is 1. The lowest BCUT2D eigenvalue weighted by Crippen LogP contribution is -2.35. The third kappa shape index (κ3) is 3.51. The second-order valence-corrected chi connectivity index (χ2v) is 6.45. The summed E-state index contributed by atoms with van der Waals surface area (Å²) in [6, 6.07) is 2.88. The summed E-state index contributed by atoms with van der Waals surface area (Å²) < 4.78 is 5.05. The minimum Gasteiger partial charge on any atom is -0.481 e. The smallest absolute Gasteiger partial charge is 0.223 e. The fourth-order valence-corrected chi connectivity index (χ4v) is 3.37. The standard InChI is InChI=1S/C16H20ClN5O4/c1-26-10-3-2-7(5-19-10)11-14(17)21-16(18)22-15(11)20-9-4-8(6-23)12(24)13(9)25/h2-3,5,8-9,12-13,23-25H,4,6H2,1H3,(H3,18,20,21,22)/t8-,9-,12-,13+/m1/s1. The summed E-state index contributed by atoms with van der Waals surface area (Å²) in [7, 11) is 1.51. The van der Waals surface area contributed by atoms with E-state index in [4.69, 9.17) is 22.1 Å². The molecule has 0 saturated heterocycles. The van der Waals surface area contributed by atoms with Crippen LogP contribution in [0.3, 0.4) is 0 Å². The molecular weight excluding hydrogens is 362 g/mol. The Hall–Kier alpha value is -2.20. The first-order chi connectivity index (χ1) is 12.4. The largest absolute Gasteiger partial charge is 0.481 e. The van der Waals surface area contributed by atoms with Crippen LogP contribution in [0.1, 0.15) is 6.42 Å². The summed E-state index contributed by atoms with van der Waals surface area (Å²) in [5.41, 5.74) is 6.80. The normalized spacial score (nSPS) is 25.3. The van der Waals surface area contributed by atoms with Crippen LogP contribution in [0.15, 0.2) is 18.3 Å². The molecular formula is C16H20ClN5O4. The zero-order valence-electron chi connectivity index (χ0n) is 14.0. The first-order valence-electron chi connectivity index (χ1n) is 8.01. The summed E-state index contributed by atoms with van der Waals surface area (Å²) in [4.78, 5) is 12.3. The van der Waals surface area contributed by atoms with Gasteiger partial charge in [-0.05, 0) is 12.5 Å². The molecule has 1 aliphatic rings. The minimum absolute atomic E-state index is 0.0329. The number of methoxy groups -OCH3 is 1. The maximum Gasteiger partial charge on any atom is 0.223 e. The van der Waals surface area contributed by atoms with Crippen molar-refractivity contribution in [3.05, 3.63) is 23.5 Å².